The van der Waals surface area contributed by atoms with E-state index in [4.69, 9.17) is 25.8 Å². The summed E-state index contributed by atoms with van der Waals surface area (Å²) in [6.07, 6.45) is -2.31. The molecule has 2 heterocycles. The van der Waals surface area contributed by atoms with Crippen LogP contribution in [0.5, 0.6) is 0 Å². The Labute approximate surface area is 204 Å². The minimum Gasteiger partial charge on any atom is -0.435 e. The lowest BCUT2D eigenvalue weighted by Gasteiger charge is -2.49. The molecule has 2 unspecified atom stereocenters. The fourth-order valence-corrected chi connectivity index (χ4v) is 4.51. The van der Waals surface area contributed by atoms with Crippen LogP contribution in [0.15, 0.2) is 16.4 Å². The Kier molecular flexibility index (Phi) is 10.1. The van der Waals surface area contributed by atoms with Gasteiger partial charge in [0.15, 0.2) is 0 Å². The number of carbonyl (C=O) groups excluding carboxylic acids is 5. The number of oxime groups is 1. The van der Waals surface area contributed by atoms with Crippen LogP contribution in [0.2, 0.25) is 0 Å². The van der Waals surface area contributed by atoms with Gasteiger partial charge in [-0.3, -0.25) is 19.3 Å². The van der Waals surface area contributed by atoms with Crippen molar-refractivity contribution >= 4 is 58.8 Å². The van der Waals surface area contributed by atoms with Crippen molar-refractivity contribution in [1.29, 1.82) is 0 Å². The molecule has 0 spiro atoms. The molecule has 2 aliphatic heterocycles. The predicted octanol–water partition coefficient (Wildman–Crippen LogP) is 0.159. The molecule has 1 saturated heterocycles. The highest BCUT2D eigenvalue weighted by Gasteiger charge is 2.55. The van der Waals surface area contributed by atoms with Crippen LogP contribution in [0.1, 0.15) is 13.8 Å². The molecule has 0 aliphatic carbocycles. The lowest BCUT2D eigenvalue weighted by atomic mass is 10.0. The molecule has 188 valence electrons. The van der Waals surface area contributed by atoms with Crippen LogP contribution >= 0.6 is 23.4 Å². The topological polar surface area (TPSA) is 159 Å². The number of methoxy groups -OCH3 is 1. The summed E-state index contributed by atoms with van der Waals surface area (Å²) in [5, 5.41) is 5.12. The number of β-lactam (4-membered cyclic amide) rings is 1. The summed E-state index contributed by atoms with van der Waals surface area (Å²) in [5.41, 5.74) is -0.207. The van der Waals surface area contributed by atoms with Gasteiger partial charge in [-0.1, -0.05) is 5.16 Å². The maximum Gasteiger partial charge on any atom is 0.511 e. The van der Waals surface area contributed by atoms with E-state index < -0.39 is 59.0 Å². The number of Topliss-reactive ketones (excluding diaryl/α,β-unsaturated/α-hetero) is 1. The van der Waals surface area contributed by atoms with Gasteiger partial charge in [0, 0.05) is 19.8 Å². The Morgan fingerprint density at radius 1 is 1.26 bits per heavy atom. The zero-order chi connectivity index (χ0) is 25.4. The molecule has 0 aromatic carbocycles. The average Bonchev–Trinajstić information content (AvgIpc) is 2.79. The van der Waals surface area contributed by atoms with E-state index in [1.54, 1.807) is 6.92 Å². The first kappa shape index (κ1) is 27.4. The van der Waals surface area contributed by atoms with Crippen LogP contribution < -0.4 is 5.32 Å². The average molecular weight is 522 g/mol. The number of hydrogen-bond donors (Lipinski definition) is 1. The standard InChI is InChI=1S/C19H24ClN3O10S/c1-5-31-19(28)33-9(2)32-18(27)14-10(7-29-3)8-34-17-13(16(26)23(14)17)21-15(25)12(22-30-4)11(24)6-20/h9,13,17H,5-8H2,1-4H3,(H,21,25)/b22-12-/t9?,13?,17-/m1/s1. The summed E-state index contributed by atoms with van der Waals surface area (Å²) in [6.45, 7) is 3.00. The number of rotatable bonds is 11. The van der Waals surface area contributed by atoms with Gasteiger partial charge in [0.25, 0.3) is 11.8 Å². The van der Waals surface area contributed by atoms with E-state index in [1.807, 2.05) is 0 Å². The van der Waals surface area contributed by atoms with Crippen molar-refractivity contribution in [2.45, 2.75) is 31.6 Å². The molecule has 0 radical (unpaired) electrons. The summed E-state index contributed by atoms with van der Waals surface area (Å²) in [4.78, 5) is 67.2. The van der Waals surface area contributed by atoms with Crippen molar-refractivity contribution < 1.29 is 47.8 Å². The van der Waals surface area contributed by atoms with E-state index in [0.717, 1.165) is 12.0 Å². The van der Waals surface area contributed by atoms with Gasteiger partial charge >= 0.3 is 12.1 Å². The van der Waals surface area contributed by atoms with Crippen LogP contribution in [-0.4, -0.2) is 97.1 Å². The van der Waals surface area contributed by atoms with Crippen molar-refractivity contribution in [3.63, 3.8) is 0 Å². The SMILES string of the molecule is CCOC(=O)OC(C)OC(=O)C1=C(COC)CS[C@@H]2C(NC(=O)/C(=N\OC)C(=O)CCl)C(=O)N12. The summed E-state index contributed by atoms with van der Waals surface area (Å²) < 4.78 is 19.7. The first-order valence-corrected chi connectivity index (χ1v) is 11.5. The number of amides is 2. The number of carbonyl (C=O) groups is 5. The van der Waals surface area contributed by atoms with E-state index >= 15 is 0 Å². The lowest BCUT2D eigenvalue weighted by Crippen LogP contribution is -2.71. The number of thioether (sulfide) groups is 1. The largest absolute Gasteiger partial charge is 0.511 e. The van der Waals surface area contributed by atoms with Crippen LogP contribution in [0.25, 0.3) is 0 Å². The molecule has 0 saturated carbocycles. The number of hydrogen-bond acceptors (Lipinski definition) is 12. The third-order valence-electron chi connectivity index (χ3n) is 4.43. The van der Waals surface area contributed by atoms with Crippen LogP contribution in [-0.2, 0) is 43.0 Å². The fraction of sp³-hybridized carbons (Fsp3) is 0.579. The van der Waals surface area contributed by atoms with Crippen molar-refractivity contribution in [2.24, 2.45) is 5.16 Å². The Morgan fingerprint density at radius 2 is 1.97 bits per heavy atom. The number of fused-ring (bicyclic) bond motifs is 1. The van der Waals surface area contributed by atoms with Crippen LogP contribution in [0, 0.1) is 0 Å². The molecule has 0 aromatic heterocycles. The molecule has 13 nitrogen and oxygen atoms in total. The van der Waals surface area contributed by atoms with Crippen LogP contribution in [0.4, 0.5) is 4.79 Å². The molecule has 1 N–H and O–H groups in total. The number of ether oxygens (including phenoxy) is 4. The number of nitrogens with zero attached hydrogens (tertiary/aromatic N) is 2. The Bertz CT molecular complexity index is 909. The minimum absolute atomic E-state index is 0.0347. The quantitative estimate of drug-likeness (QED) is 0.0750. The molecule has 34 heavy (non-hydrogen) atoms. The van der Waals surface area contributed by atoms with Crippen molar-refractivity contribution in [1.82, 2.24) is 10.2 Å². The second-order valence-corrected chi connectivity index (χ2v) is 8.07. The molecule has 2 amide bonds. The third-order valence-corrected chi connectivity index (χ3v) is 6.01. The van der Waals surface area contributed by atoms with E-state index in [2.05, 4.69) is 20.0 Å². The first-order chi connectivity index (χ1) is 16.2. The number of alkyl halides is 1. The Hall–Kier alpha value is -2.84. The third kappa shape index (κ3) is 6.18. The second-order valence-electron chi connectivity index (χ2n) is 6.70. The number of esters is 1. The maximum atomic E-state index is 12.9. The van der Waals surface area contributed by atoms with Gasteiger partial charge in [-0.2, -0.15) is 0 Å². The maximum absolute atomic E-state index is 12.9. The van der Waals surface area contributed by atoms with Gasteiger partial charge in [0.2, 0.25) is 17.8 Å². The van der Waals surface area contributed by atoms with Crippen molar-refractivity contribution in [3.05, 3.63) is 11.3 Å². The number of ketones is 1. The Morgan fingerprint density at radius 3 is 2.56 bits per heavy atom. The van der Waals surface area contributed by atoms with E-state index in [1.165, 1.54) is 25.8 Å². The van der Waals surface area contributed by atoms with Gasteiger partial charge in [-0.15, -0.1) is 23.4 Å². The monoisotopic (exact) mass is 521 g/mol. The van der Waals surface area contributed by atoms with Crippen LogP contribution in [0.3, 0.4) is 0 Å². The molecule has 2 rings (SSSR count). The molecule has 15 heteroatoms. The number of halogens is 1. The lowest BCUT2D eigenvalue weighted by molar-refractivity contribution is -0.169. The van der Waals surface area contributed by atoms with E-state index in [9.17, 15) is 24.0 Å². The smallest absolute Gasteiger partial charge is 0.435 e. The molecule has 0 aromatic rings. The molecule has 2 aliphatic rings. The van der Waals surface area contributed by atoms with Crippen molar-refractivity contribution in [2.75, 3.05) is 39.1 Å². The van der Waals surface area contributed by atoms with Gasteiger partial charge in [0.1, 0.15) is 24.2 Å². The molecule has 1 fully saturated rings. The van der Waals surface area contributed by atoms with E-state index in [-0.39, 0.29) is 24.7 Å². The van der Waals surface area contributed by atoms with Gasteiger partial charge in [-0.25, -0.2) is 9.59 Å². The number of nitrogens with one attached hydrogen (secondary N) is 1. The van der Waals surface area contributed by atoms with E-state index in [0.29, 0.717) is 5.57 Å². The summed E-state index contributed by atoms with van der Waals surface area (Å²) in [6, 6.07) is -1.05. The zero-order valence-corrected chi connectivity index (χ0v) is 20.4. The minimum atomic E-state index is -1.29. The molecular weight excluding hydrogens is 498 g/mol. The van der Waals surface area contributed by atoms with Crippen molar-refractivity contribution in [3.8, 4) is 0 Å². The second kappa shape index (κ2) is 12.6. The summed E-state index contributed by atoms with van der Waals surface area (Å²) in [7, 11) is 2.57. The highest BCUT2D eigenvalue weighted by molar-refractivity contribution is 8.00. The molecular formula is C19H24ClN3O10S. The predicted molar refractivity (Wildman–Crippen MR) is 118 cm³/mol. The molecule has 3 atom stereocenters. The summed E-state index contributed by atoms with van der Waals surface area (Å²) >= 11 is 6.76. The Balaban J connectivity index is 2.18. The first-order valence-electron chi connectivity index (χ1n) is 9.91. The molecule has 0 bridgehead atoms. The highest BCUT2D eigenvalue weighted by atomic mass is 35.5. The zero-order valence-electron chi connectivity index (χ0n) is 18.8. The van der Waals surface area contributed by atoms with Gasteiger partial charge in [-0.05, 0) is 12.5 Å². The van der Waals surface area contributed by atoms with Gasteiger partial charge < -0.3 is 29.1 Å². The fourth-order valence-electron chi connectivity index (χ4n) is 3.06. The normalized spacial score (nSPS) is 20.6. The summed E-state index contributed by atoms with van der Waals surface area (Å²) in [5.74, 6) is -3.51. The van der Waals surface area contributed by atoms with Gasteiger partial charge in [0.05, 0.1) is 19.1 Å². The highest BCUT2D eigenvalue weighted by Crippen LogP contribution is 2.40.